The minimum Gasteiger partial charge on any atom is -0.492 e. The molecule has 0 aliphatic heterocycles. The van der Waals surface area contributed by atoms with E-state index in [4.69, 9.17) is 9.47 Å². The van der Waals surface area contributed by atoms with E-state index >= 15 is 0 Å². The summed E-state index contributed by atoms with van der Waals surface area (Å²) in [6.07, 6.45) is -10.6. The molecule has 0 heterocycles. The summed E-state index contributed by atoms with van der Waals surface area (Å²) in [7, 11) is 0. The average Bonchev–Trinajstić information content (AvgIpc) is 2.87. The summed E-state index contributed by atoms with van der Waals surface area (Å²) in [5.41, 5.74) is -0.777. The smallest absolute Gasteiger partial charge is 0.418 e. The van der Waals surface area contributed by atoms with Crippen molar-refractivity contribution >= 4 is 17.7 Å². The van der Waals surface area contributed by atoms with Crippen LogP contribution < -0.4 is 10.1 Å². The number of nitrogens with one attached hydrogen (secondary N) is 1. The van der Waals surface area contributed by atoms with E-state index in [0.717, 1.165) is 12.1 Å². The summed E-state index contributed by atoms with van der Waals surface area (Å²) in [6, 6.07) is 10.1. The number of halogens is 6. The third kappa shape index (κ3) is 11.7. The zero-order valence-electron chi connectivity index (χ0n) is 21.9. The first-order valence-corrected chi connectivity index (χ1v) is 12.6. The maximum atomic E-state index is 13.3. The molecule has 0 fully saturated rings. The molecule has 40 heavy (non-hydrogen) atoms. The van der Waals surface area contributed by atoms with Gasteiger partial charge in [-0.1, -0.05) is 30.7 Å². The number of rotatable bonds is 15. The number of carboxylic acids is 1. The molecule has 13 heteroatoms. The van der Waals surface area contributed by atoms with Crippen LogP contribution in [0.25, 0.3) is 0 Å². The number of benzene rings is 2. The molecule has 0 aliphatic rings. The van der Waals surface area contributed by atoms with Crippen LogP contribution in [0, 0.1) is 0 Å². The SMILES string of the molecule is CCOC(Cc1ccc(OCCN(CCCCCC(F)(F)F)C(=O)Nc2ccccc2C(F)(F)F)cc1)C(=O)O. The second-order valence-electron chi connectivity index (χ2n) is 8.87. The number of alkyl halides is 6. The Balaban J connectivity index is 2.01. The third-order valence-corrected chi connectivity index (χ3v) is 5.77. The van der Waals surface area contributed by atoms with Crippen LogP contribution in [0.2, 0.25) is 0 Å². The zero-order chi connectivity index (χ0) is 29.8. The molecule has 1 unspecified atom stereocenters. The van der Waals surface area contributed by atoms with Gasteiger partial charge in [-0.25, -0.2) is 9.59 Å². The van der Waals surface area contributed by atoms with Crippen molar-refractivity contribution in [3.05, 3.63) is 59.7 Å². The maximum Gasteiger partial charge on any atom is 0.418 e. The summed E-state index contributed by atoms with van der Waals surface area (Å²) < 4.78 is 88.1. The van der Waals surface area contributed by atoms with E-state index in [9.17, 15) is 41.0 Å². The van der Waals surface area contributed by atoms with Crippen LogP contribution in [0.4, 0.5) is 36.8 Å². The Hall–Kier alpha value is -3.48. The van der Waals surface area contributed by atoms with Gasteiger partial charge in [-0.2, -0.15) is 26.3 Å². The van der Waals surface area contributed by atoms with E-state index in [1.165, 1.54) is 17.0 Å². The molecule has 2 amide bonds. The minimum atomic E-state index is -4.70. The number of carboxylic acid groups (broad SMARTS) is 1. The van der Waals surface area contributed by atoms with Gasteiger partial charge in [0, 0.05) is 26.0 Å². The fraction of sp³-hybridized carbons (Fsp3) is 0.481. The van der Waals surface area contributed by atoms with E-state index in [-0.39, 0.29) is 52.0 Å². The Bertz CT molecular complexity index is 1080. The van der Waals surface area contributed by atoms with Crippen molar-refractivity contribution in [3.8, 4) is 5.75 Å². The van der Waals surface area contributed by atoms with Crippen LogP contribution in [0.15, 0.2) is 48.5 Å². The highest BCUT2D eigenvalue weighted by atomic mass is 19.4. The predicted octanol–water partition coefficient (Wildman–Crippen LogP) is 6.77. The first kappa shape index (κ1) is 32.7. The molecule has 222 valence electrons. The molecule has 2 aromatic carbocycles. The van der Waals surface area contributed by atoms with Gasteiger partial charge in [-0.3, -0.25) is 0 Å². The molecule has 0 saturated carbocycles. The van der Waals surface area contributed by atoms with E-state index < -0.39 is 48.1 Å². The first-order valence-electron chi connectivity index (χ1n) is 12.6. The Morgan fingerprint density at radius 2 is 1.62 bits per heavy atom. The number of nitrogens with zero attached hydrogens (tertiary/aromatic N) is 1. The van der Waals surface area contributed by atoms with Crippen LogP contribution in [0.1, 0.15) is 43.7 Å². The van der Waals surface area contributed by atoms with E-state index in [1.807, 2.05) is 0 Å². The molecule has 2 aromatic rings. The molecule has 2 N–H and O–H groups in total. The highest BCUT2D eigenvalue weighted by Crippen LogP contribution is 2.34. The molecule has 0 radical (unpaired) electrons. The molecule has 0 aliphatic carbocycles. The summed E-state index contributed by atoms with van der Waals surface area (Å²) in [6.45, 7) is 1.84. The van der Waals surface area contributed by atoms with E-state index in [2.05, 4.69) is 5.32 Å². The molecule has 2 rings (SSSR count). The zero-order valence-corrected chi connectivity index (χ0v) is 21.9. The van der Waals surface area contributed by atoms with Crippen LogP contribution in [0.5, 0.6) is 5.75 Å². The Morgan fingerprint density at radius 1 is 0.950 bits per heavy atom. The van der Waals surface area contributed by atoms with Gasteiger partial charge in [0.25, 0.3) is 0 Å². The summed E-state index contributed by atoms with van der Waals surface area (Å²) in [5.74, 6) is -0.684. The lowest BCUT2D eigenvalue weighted by Crippen LogP contribution is -2.39. The average molecular weight is 579 g/mol. The summed E-state index contributed by atoms with van der Waals surface area (Å²) >= 11 is 0. The van der Waals surface area contributed by atoms with Crippen LogP contribution in [0.3, 0.4) is 0 Å². The summed E-state index contributed by atoms with van der Waals surface area (Å²) in [4.78, 5) is 25.3. The normalized spacial score (nSPS) is 12.6. The third-order valence-electron chi connectivity index (χ3n) is 5.77. The van der Waals surface area contributed by atoms with Gasteiger partial charge in [0.15, 0.2) is 6.10 Å². The van der Waals surface area contributed by atoms with Crippen molar-refractivity contribution in [2.24, 2.45) is 0 Å². The lowest BCUT2D eigenvalue weighted by molar-refractivity contribution is -0.150. The van der Waals surface area contributed by atoms with Crippen molar-refractivity contribution < 1.29 is 50.5 Å². The van der Waals surface area contributed by atoms with Gasteiger partial charge >= 0.3 is 24.4 Å². The highest BCUT2D eigenvalue weighted by Gasteiger charge is 2.34. The molecule has 0 bridgehead atoms. The fourth-order valence-electron chi connectivity index (χ4n) is 3.78. The molecule has 0 spiro atoms. The monoisotopic (exact) mass is 578 g/mol. The minimum absolute atomic E-state index is 0.00811. The number of ether oxygens (including phenoxy) is 2. The number of hydrogen-bond acceptors (Lipinski definition) is 4. The van der Waals surface area contributed by atoms with Crippen LogP contribution in [-0.4, -0.2) is 60.6 Å². The van der Waals surface area contributed by atoms with E-state index in [1.54, 1.807) is 31.2 Å². The second-order valence-corrected chi connectivity index (χ2v) is 8.87. The second kappa shape index (κ2) is 15.3. The first-order chi connectivity index (χ1) is 18.8. The lowest BCUT2D eigenvalue weighted by atomic mass is 10.1. The van der Waals surface area contributed by atoms with Crippen molar-refractivity contribution in [2.45, 2.75) is 57.5 Å². The number of urea groups is 1. The number of para-hydroxylation sites is 1. The highest BCUT2D eigenvalue weighted by molar-refractivity contribution is 5.90. The van der Waals surface area contributed by atoms with Crippen molar-refractivity contribution in [3.63, 3.8) is 0 Å². The van der Waals surface area contributed by atoms with Crippen molar-refractivity contribution in [1.29, 1.82) is 0 Å². The molecule has 0 aromatic heterocycles. The largest absolute Gasteiger partial charge is 0.492 e. The van der Waals surface area contributed by atoms with Gasteiger partial charge in [0.1, 0.15) is 12.4 Å². The number of anilines is 1. The number of carbonyl (C=O) groups excluding carboxylic acids is 1. The lowest BCUT2D eigenvalue weighted by Gasteiger charge is -2.24. The van der Waals surface area contributed by atoms with Gasteiger partial charge in [-0.05, 0) is 49.6 Å². The van der Waals surface area contributed by atoms with Gasteiger partial charge in [0.05, 0.1) is 17.8 Å². The number of carbonyl (C=O) groups is 2. The molecular formula is C27H32F6N2O5. The Morgan fingerprint density at radius 3 is 2.23 bits per heavy atom. The number of hydrogen-bond donors (Lipinski definition) is 2. The Labute approximate surface area is 228 Å². The topological polar surface area (TPSA) is 88.1 Å². The van der Waals surface area contributed by atoms with E-state index in [0.29, 0.717) is 11.3 Å². The van der Waals surface area contributed by atoms with Crippen molar-refractivity contribution in [1.82, 2.24) is 4.90 Å². The van der Waals surface area contributed by atoms with Crippen LogP contribution >= 0.6 is 0 Å². The summed E-state index contributed by atoms with van der Waals surface area (Å²) in [5, 5.41) is 11.5. The van der Waals surface area contributed by atoms with Crippen LogP contribution in [-0.2, 0) is 22.1 Å². The molecule has 0 saturated heterocycles. The quantitative estimate of drug-likeness (QED) is 0.180. The van der Waals surface area contributed by atoms with Crippen molar-refractivity contribution in [2.75, 3.05) is 31.6 Å². The van der Waals surface area contributed by atoms with Gasteiger partial charge < -0.3 is 24.8 Å². The molecule has 1 atom stereocenters. The maximum absolute atomic E-state index is 13.3. The number of aliphatic carboxylic acids is 1. The number of unbranched alkanes of at least 4 members (excludes halogenated alkanes) is 2. The standard InChI is InChI=1S/C27H32F6N2O5/c1-2-39-23(24(36)37)18-19-10-12-20(13-11-19)40-17-16-35(15-7-3-6-14-26(28,29)30)25(38)34-22-9-5-4-8-21(22)27(31,32)33/h4-5,8-13,23H,2-3,6-7,14-18H2,1H3,(H,34,38)(H,36,37). The fourth-order valence-corrected chi connectivity index (χ4v) is 3.78. The van der Waals surface area contributed by atoms with Gasteiger partial charge in [-0.15, -0.1) is 0 Å². The Kier molecular flexibility index (Phi) is 12.6. The predicted molar refractivity (Wildman–Crippen MR) is 135 cm³/mol. The molecular weight excluding hydrogens is 546 g/mol. The number of amides is 2. The molecule has 7 nitrogen and oxygen atoms in total. The van der Waals surface area contributed by atoms with Gasteiger partial charge in [0.2, 0.25) is 0 Å².